The molecule has 32 heavy (non-hydrogen) atoms. The first kappa shape index (κ1) is 22.7. The number of benzene rings is 1. The highest BCUT2D eigenvalue weighted by atomic mass is 32.1. The van der Waals surface area contributed by atoms with Crippen LogP contribution in [0.4, 0.5) is 4.79 Å². The van der Waals surface area contributed by atoms with Crippen LogP contribution in [0.5, 0.6) is 5.75 Å². The highest BCUT2D eigenvalue weighted by Crippen LogP contribution is 2.36. The highest BCUT2D eigenvalue weighted by Gasteiger charge is 2.54. The third-order valence-corrected chi connectivity index (χ3v) is 7.99. The van der Waals surface area contributed by atoms with Crippen LogP contribution in [-0.4, -0.2) is 59.0 Å². The van der Waals surface area contributed by atoms with Crippen LogP contribution in [0.1, 0.15) is 42.3 Å². The summed E-state index contributed by atoms with van der Waals surface area (Å²) in [6.45, 7) is 7.07. The molecule has 1 atom stereocenters. The number of hydrogen-bond donors (Lipinski definition) is 1. The number of amides is 3. The van der Waals surface area contributed by atoms with Crippen LogP contribution in [0.15, 0.2) is 29.8 Å². The van der Waals surface area contributed by atoms with Gasteiger partial charge in [0.05, 0.1) is 18.3 Å². The van der Waals surface area contributed by atoms with Crippen molar-refractivity contribution in [3.05, 3.63) is 45.9 Å². The Morgan fingerprint density at radius 3 is 2.72 bits per heavy atom. The van der Waals surface area contributed by atoms with Crippen molar-refractivity contribution in [1.82, 2.24) is 20.1 Å². The number of aromatic nitrogens is 1. The molecule has 4 rings (SSSR count). The van der Waals surface area contributed by atoms with Gasteiger partial charge in [0.2, 0.25) is 0 Å². The Morgan fingerprint density at radius 1 is 1.28 bits per heavy atom. The summed E-state index contributed by atoms with van der Waals surface area (Å²) in [5.74, 6) is 0.967. The van der Waals surface area contributed by atoms with Gasteiger partial charge in [-0.1, -0.05) is 19.1 Å². The van der Waals surface area contributed by atoms with Crippen molar-refractivity contribution < 1.29 is 14.3 Å². The number of ether oxygens (including phenoxy) is 1. The van der Waals surface area contributed by atoms with Crippen LogP contribution in [0.25, 0.3) is 0 Å². The van der Waals surface area contributed by atoms with Crippen molar-refractivity contribution in [2.75, 3.05) is 26.7 Å². The number of urea groups is 1. The molecule has 1 N–H and O–H groups in total. The van der Waals surface area contributed by atoms with Crippen LogP contribution in [0.2, 0.25) is 0 Å². The summed E-state index contributed by atoms with van der Waals surface area (Å²) in [7, 11) is 1.68. The van der Waals surface area contributed by atoms with Crippen LogP contribution in [0.3, 0.4) is 0 Å². The Morgan fingerprint density at radius 2 is 2.06 bits per heavy atom. The summed E-state index contributed by atoms with van der Waals surface area (Å²) in [6, 6.07) is 7.91. The third kappa shape index (κ3) is 4.38. The molecule has 0 spiro atoms. The number of imide groups is 1. The van der Waals surface area contributed by atoms with E-state index in [4.69, 9.17) is 4.74 Å². The lowest BCUT2D eigenvalue weighted by atomic mass is 9.75. The summed E-state index contributed by atoms with van der Waals surface area (Å²) >= 11 is 1.58. The zero-order valence-electron chi connectivity index (χ0n) is 19.1. The van der Waals surface area contributed by atoms with Crippen LogP contribution in [0, 0.1) is 12.8 Å². The van der Waals surface area contributed by atoms with Gasteiger partial charge in [0.1, 0.15) is 11.3 Å². The largest absolute Gasteiger partial charge is 0.497 e. The van der Waals surface area contributed by atoms with E-state index in [1.54, 1.807) is 18.4 Å². The van der Waals surface area contributed by atoms with Gasteiger partial charge in [-0.3, -0.25) is 14.6 Å². The molecule has 172 valence electrons. The van der Waals surface area contributed by atoms with E-state index in [0.717, 1.165) is 48.8 Å². The second-order valence-electron chi connectivity index (χ2n) is 8.72. The Hall–Kier alpha value is -2.45. The predicted molar refractivity (Wildman–Crippen MR) is 125 cm³/mol. The van der Waals surface area contributed by atoms with Crippen LogP contribution < -0.4 is 10.1 Å². The van der Waals surface area contributed by atoms with Crippen molar-refractivity contribution in [3.63, 3.8) is 0 Å². The highest BCUT2D eigenvalue weighted by molar-refractivity contribution is 7.09. The van der Waals surface area contributed by atoms with Gasteiger partial charge in [-0.05, 0) is 62.9 Å². The van der Waals surface area contributed by atoms with E-state index in [1.807, 2.05) is 31.5 Å². The van der Waals surface area contributed by atoms with Crippen LogP contribution in [-0.2, 0) is 17.8 Å². The average Bonchev–Trinajstić information content (AvgIpc) is 3.33. The molecule has 2 fully saturated rings. The normalized spacial score (nSPS) is 22.4. The fraction of sp³-hybridized carbons (Fsp3) is 0.542. The fourth-order valence-corrected chi connectivity index (χ4v) is 5.82. The summed E-state index contributed by atoms with van der Waals surface area (Å²) in [6.07, 6.45) is 3.07. The fourth-order valence-electron chi connectivity index (χ4n) is 5.05. The minimum atomic E-state index is -0.776. The van der Waals surface area contributed by atoms with Crippen molar-refractivity contribution in [3.8, 4) is 5.75 Å². The zero-order valence-corrected chi connectivity index (χ0v) is 19.9. The third-order valence-electron chi connectivity index (χ3n) is 6.99. The molecule has 0 aliphatic carbocycles. The number of thiazole rings is 1. The molecule has 0 saturated carbocycles. The SMILES string of the molecule is CC[C@@]1(C2CCN(Cc3cccc(OC)c3)CC2)NC(=O)N(CCc2scnc2C)C1=O. The molecule has 8 heteroatoms. The number of carbonyl (C=O) groups excluding carboxylic acids is 2. The summed E-state index contributed by atoms with van der Waals surface area (Å²) in [4.78, 5) is 35.5. The molecular formula is C24H32N4O3S. The lowest BCUT2D eigenvalue weighted by molar-refractivity contribution is -0.134. The molecule has 3 amide bonds. The second kappa shape index (κ2) is 9.58. The van der Waals surface area contributed by atoms with Crippen molar-refractivity contribution in [1.29, 1.82) is 0 Å². The van der Waals surface area contributed by atoms with Crippen molar-refractivity contribution in [2.24, 2.45) is 5.92 Å². The van der Waals surface area contributed by atoms with E-state index in [1.165, 1.54) is 10.5 Å². The van der Waals surface area contributed by atoms with Gasteiger partial charge in [-0.25, -0.2) is 9.78 Å². The van der Waals surface area contributed by atoms with Gasteiger partial charge in [0, 0.05) is 24.4 Å². The molecule has 2 aromatic rings. The van der Waals surface area contributed by atoms with Gasteiger partial charge < -0.3 is 10.1 Å². The number of carbonyl (C=O) groups is 2. The molecule has 7 nitrogen and oxygen atoms in total. The molecule has 1 aromatic heterocycles. The molecule has 1 aromatic carbocycles. The quantitative estimate of drug-likeness (QED) is 0.614. The number of piperidine rings is 1. The topological polar surface area (TPSA) is 74.8 Å². The van der Waals surface area contributed by atoms with E-state index in [-0.39, 0.29) is 17.9 Å². The summed E-state index contributed by atoms with van der Waals surface area (Å²) in [5, 5.41) is 3.10. The van der Waals surface area contributed by atoms with E-state index < -0.39 is 5.54 Å². The number of hydrogen-bond acceptors (Lipinski definition) is 6. The molecule has 3 heterocycles. The summed E-state index contributed by atoms with van der Waals surface area (Å²) < 4.78 is 5.33. The number of methoxy groups -OCH3 is 1. The van der Waals surface area contributed by atoms with E-state index in [2.05, 4.69) is 27.3 Å². The number of aryl methyl sites for hydroxylation is 1. The summed E-state index contributed by atoms with van der Waals surface area (Å²) in [5.41, 5.74) is 3.24. The Bertz CT molecular complexity index is 970. The molecule has 2 aliphatic heterocycles. The van der Waals surface area contributed by atoms with E-state index >= 15 is 0 Å². The van der Waals surface area contributed by atoms with Crippen molar-refractivity contribution in [2.45, 2.75) is 51.6 Å². The maximum Gasteiger partial charge on any atom is 0.325 e. The molecule has 2 saturated heterocycles. The monoisotopic (exact) mass is 456 g/mol. The molecular weight excluding hydrogens is 424 g/mol. The van der Waals surface area contributed by atoms with Gasteiger partial charge >= 0.3 is 6.03 Å². The average molecular weight is 457 g/mol. The zero-order chi connectivity index (χ0) is 22.7. The lowest BCUT2D eigenvalue weighted by Gasteiger charge is -2.40. The second-order valence-corrected chi connectivity index (χ2v) is 9.66. The van der Waals surface area contributed by atoms with E-state index in [0.29, 0.717) is 19.4 Å². The molecule has 0 bridgehead atoms. The van der Waals surface area contributed by atoms with Gasteiger partial charge in [0.25, 0.3) is 5.91 Å². The lowest BCUT2D eigenvalue weighted by Crippen LogP contribution is -2.55. The first-order chi connectivity index (χ1) is 15.5. The smallest absolute Gasteiger partial charge is 0.325 e. The Labute approximate surface area is 193 Å². The number of rotatable bonds is 8. The van der Waals surface area contributed by atoms with Gasteiger partial charge in [-0.2, -0.15) is 0 Å². The first-order valence-corrected chi connectivity index (χ1v) is 12.2. The standard InChI is InChI=1S/C24H32N4O3S/c1-4-24(22(29)28(23(30)26-24)13-10-21-17(2)25-16-32-21)19-8-11-27(12-9-19)15-18-6-5-7-20(14-18)31-3/h5-7,14,16,19H,4,8-13,15H2,1-3H3,(H,26,30)/t24-/m0/s1. The molecule has 2 aliphatic rings. The Kier molecular flexibility index (Phi) is 6.81. The Balaban J connectivity index is 1.38. The van der Waals surface area contributed by atoms with Crippen LogP contribution >= 0.6 is 11.3 Å². The number of nitrogens with zero attached hydrogens (tertiary/aromatic N) is 3. The van der Waals surface area contributed by atoms with Gasteiger partial charge in [-0.15, -0.1) is 11.3 Å². The maximum absolute atomic E-state index is 13.5. The predicted octanol–water partition coefficient (Wildman–Crippen LogP) is 3.62. The minimum absolute atomic E-state index is 0.0570. The van der Waals surface area contributed by atoms with E-state index in [9.17, 15) is 9.59 Å². The number of nitrogens with one attached hydrogen (secondary N) is 1. The van der Waals surface area contributed by atoms with Gasteiger partial charge in [0.15, 0.2) is 0 Å². The molecule has 0 unspecified atom stereocenters. The number of likely N-dealkylation sites (tertiary alicyclic amines) is 1. The van der Waals surface area contributed by atoms with Crippen molar-refractivity contribution >= 4 is 23.3 Å². The minimum Gasteiger partial charge on any atom is -0.497 e. The maximum atomic E-state index is 13.5. The molecule has 0 radical (unpaired) electrons. The first-order valence-electron chi connectivity index (χ1n) is 11.3.